The first-order valence-corrected chi connectivity index (χ1v) is 8.39. The molecule has 0 saturated carbocycles. The molecule has 0 spiro atoms. The standard InChI is InChI=1S/C21H24N2O/c1-21(2,3)13-14-22-20(24)17-8-10-18(11-9-17)23-15-12-16-6-4-5-7-19(16)23/h4-12,15H,13-14H2,1-3H3,(H,22,24). The molecule has 1 amide bonds. The SMILES string of the molecule is CC(C)(C)CCNC(=O)c1ccc(-n2ccc3ccccc32)cc1. The molecule has 24 heavy (non-hydrogen) atoms. The third kappa shape index (κ3) is 3.67. The number of carbonyl (C=O) groups is 1. The maximum atomic E-state index is 12.2. The highest BCUT2D eigenvalue weighted by Gasteiger charge is 2.11. The first-order chi connectivity index (χ1) is 11.4. The van der Waals surface area contributed by atoms with E-state index < -0.39 is 0 Å². The van der Waals surface area contributed by atoms with Crippen LogP contribution in [0.25, 0.3) is 16.6 Å². The van der Waals surface area contributed by atoms with Crippen LogP contribution in [-0.4, -0.2) is 17.0 Å². The zero-order valence-electron chi connectivity index (χ0n) is 14.5. The lowest BCUT2D eigenvalue weighted by atomic mass is 9.92. The molecule has 1 N–H and O–H groups in total. The van der Waals surface area contributed by atoms with E-state index >= 15 is 0 Å². The van der Waals surface area contributed by atoms with E-state index in [2.05, 4.69) is 55.1 Å². The van der Waals surface area contributed by atoms with Crippen molar-refractivity contribution in [3.63, 3.8) is 0 Å². The van der Waals surface area contributed by atoms with Gasteiger partial charge in [-0.25, -0.2) is 0 Å². The number of carbonyl (C=O) groups excluding carboxylic acids is 1. The number of hydrogen-bond donors (Lipinski definition) is 1. The van der Waals surface area contributed by atoms with Crippen molar-refractivity contribution in [3.8, 4) is 5.69 Å². The number of para-hydroxylation sites is 1. The lowest BCUT2D eigenvalue weighted by Crippen LogP contribution is -2.27. The number of fused-ring (bicyclic) bond motifs is 1. The summed E-state index contributed by atoms with van der Waals surface area (Å²) < 4.78 is 2.14. The number of nitrogens with zero attached hydrogens (tertiary/aromatic N) is 1. The van der Waals surface area contributed by atoms with Crippen LogP contribution in [0.15, 0.2) is 60.8 Å². The van der Waals surface area contributed by atoms with Gasteiger partial charge >= 0.3 is 0 Å². The van der Waals surface area contributed by atoms with Gasteiger partial charge in [-0.15, -0.1) is 0 Å². The summed E-state index contributed by atoms with van der Waals surface area (Å²) in [6, 6.07) is 18.1. The number of nitrogens with one attached hydrogen (secondary N) is 1. The van der Waals surface area contributed by atoms with E-state index in [0.29, 0.717) is 12.1 Å². The van der Waals surface area contributed by atoms with E-state index in [1.807, 2.05) is 36.4 Å². The third-order valence-electron chi connectivity index (χ3n) is 4.17. The van der Waals surface area contributed by atoms with E-state index in [1.165, 1.54) is 10.9 Å². The van der Waals surface area contributed by atoms with Crippen molar-refractivity contribution in [2.75, 3.05) is 6.54 Å². The van der Waals surface area contributed by atoms with Gasteiger partial charge in [0.2, 0.25) is 0 Å². The van der Waals surface area contributed by atoms with Crippen molar-refractivity contribution >= 4 is 16.8 Å². The van der Waals surface area contributed by atoms with Crippen LogP contribution in [0, 0.1) is 5.41 Å². The topological polar surface area (TPSA) is 34.0 Å². The molecule has 0 unspecified atom stereocenters. The molecule has 3 heteroatoms. The minimum atomic E-state index is -0.0110. The minimum absolute atomic E-state index is 0.0110. The van der Waals surface area contributed by atoms with Crippen LogP contribution >= 0.6 is 0 Å². The van der Waals surface area contributed by atoms with Crippen LogP contribution in [-0.2, 0) is 0 Å². The molecule has 1 heterocycles. The van der Waals surface area contributed by atoms with Crippen molar-refractivity contribution in [3.05, 3.63) is 66.4 Å². The normalized spacial score (nSPS) is 11.6. The highest BCUT2D eigenvalue weighted by molar-refractivity contribution is 5.94. The summed E-state index contributed by atoms with van der Waals surface area (Å²) in [6.07, 6.45) is 3.02. The summed E-state index contributed by atoms with van der Waals surface area (Å²) in [5.41, 5.74) is 3.15. The van der Waals surface area contributed by atoms with Crippen LogP contribution in [0.2, 0.25) is 0 Å². The van der Waals surface area contributed by atoms with Crippen LogP contribution in [0.5, 0.6) is 0 Å². The summed E-state index contributed by atoms with van der Waals surface area (Å²) in [6.45, 7) is 7.23. The molecule has 0 saturated heterocycles. The Balaban J connectivity index is 1.72. The fourth-order valence-electron chi connectivity index (χ4n) is 2.73. The van der Waals surface area contributed by atoms with Crippen molar-refractivity contribution in [1.82, 2.24) is 9.88 Å². The van der Waals surface area contributed by atoms with Gasteiger partial charge < -0.3 is 9.88 Å². The summed E-state index contributed by atoms with van der Waals surface area (Å²) in [5, 5.41) is 4.20. The largest absolute Gasteiger partial charge is 0.352 e. The van der Waals surface area contributed by atoms with E-state index in [4.69, 9.17) is 0 Å². The van der Waals surface area contributed by atoms with Crippen molar-refractivity contribution in [2.45, 2.75) is 27.2 Å². The Hall–Kier alpha value is -2.55. The van der Waals surface area contributed by atoms with Crippen LogP contribution in [0.3, 0.4) is 0 Å². The molecule has 3 rings (SSSR count). The van der Waals surface area contributed by atoms with E-state index in [-0.39, 0.29) is 11.3 Å². The molecule has 3 nitrogen and oxygen atoms in total. The molecule has 1 aromatic heterocycles. The lowest BCUT2D eigenvalue weighted by molar-refractivity contribution is 0.0949. The zero-order valence-corrected chi connectivity index (χ0v) is 14.5. The monoisotopic (exact) mass is 320 g/mol. The second-order valence-corrected chi connectivity index (χ2v) is 7.36. The number of hydrogen-bond acceptors (Lipinski definition) is 1. The Kier molecular flexibility index (Phi) is 4.43. The van der Waals surface area contributed by atoms with Gasteiger partial charge in [-0.1, -0.05) is 39.0 Å². The Bertz CT molecular complexity index is 838. The number of benzene rings is 2. The Morgan fingerprint density at radius 1 is 1.00 bits per heavy atom. The van der Waals surface area contributed by atoms with Gasteiger partial charge in [-0.3, -0.25) is 4.79 Å². The van der Waals surface area contributed by atoms with Crippen molar-refractivity contribution in [1.29, 1.82) is 0 Å². The predicted octanol–water partition coefficient (Wildman–Crippen LogP) is 4.80. The van der Waals surface area contributed by atoms with E-state index in [9.17, 15) is 4.79 Å². The molecule has 2 aromatic carbocycles. The van der Waals surface area contributed by atoms with E-state index in [0.717, 1.165) is 12.1 Å². The molecule has 3 aromatic rings. The first kappa shape index (κ1) is 16.3. The minimum Gasteiger partial charge on any atom is -0.352 e. The van der Waals surface area contributed by atoms with E-state index in [1.54, 1.807) is 0 Å². The van der Waals surface area contributed by atoms with Crippen molar-refractivity contribution in [2.24, 2.45) is 5.41 Å². The van der Waals surface area contributed by atoms with Crippen LogP contribution in [0.4, 0.5) is 0 Å². The molecular formula is C21H24N2O. The average molecular weight is 320 g/mol. The molecule has 0 fully saturated rings. The number of amides is 1. The fourth-order valence-corrected chi connectivity index (χ4v) is 2.73. The first-order valence-electron chi connectivity index (χ1n) is 8.39. The maximum Gasteiger partial charge on any atom is 0.251 e. The molecule has 0 aliphatic carbocycles. The molecular weight excluding hydrogens is 296 g/mol. The van der Waals surface area contributed by atoms with Gasteiger partial charge in [-0.2, -0.15) is 0 Å². The molecule has 0 atom stereocenters. The van der Waals surface area contributed by atoms with Gasteiger partial charge in [-0.05, 0) is 53.6 Å². The second kappa shape index (κ2) is 6.52. The summed E-state index contributed by atoms with van der Waals surface area (Å²) in [4.78, 5) is 12.2. The van der Waals surface area contributed by atoms with Crippen LogP contribution < -0.4 is 5.32 Å². The predicted molar refractivity (Wildman–Crippen MR) is 99.7 cm³/mol. The molecule has 0 aliphatic rings. The Morgan fingerprint density at radius 2 is 1.71 bits per heavy atom. The maximum absolute atomic E-state index is 12.2. The number of aromatic nitrogens is 1. The molecule has 124 valence electrons. The van der Waals surface area contributed by atoms with Crippen molar-refractivity contribution < 1.29 is 4.79 Å². The quantitative estimate of drug-likeness (QED) is 0.736. The lowest BCUT2D eigenvalue weighted by Gasteiger charge is -2.18. The van der Waals surface area contributed by atoms with Gasteiger partial charge in [0, 0.05) is 24.0 Å². The van der Waals surface area contributed by atoms with Gasteiger partial charge in [0.1, 0.15) is 0 Å². The fraction of sp³-hybridized carbons (Fsp3) is 0.286. The summed E-state index contributed by atoms with van der Waals surface area (Å²) in [7, 11) is 0. The number of rotatable bonds is 4. The second-order valence-electron chi connectivity index (χ2n) is 7.36. The van der Waals surface area contributed by atoms with Gasteiger partial charge in [0.05, 0.1) is 5.52 Å². The average Bonchev–Trinajstić information content (AvgIpc) is 2.98. The molecule has 0 aliphatic heterocycles. The zero-order chi connectivity index (χ0) is 17.2. The summed E-state index contributed by atoms with van der Waals surface area (Å²) >= 11 is 0. The highest BCUT2D eigenvalue weighted by atomic mass is 16.1. The Labute approximate surface area is 143 Å². The van der Waals surface area contributed by atoms with Gasteiger partial charge in [0.25, 0.3) is 5.91 Å². The van der Waals surface area contributed by atoms with Crippen LogP contribution in [0.1, 0.15) is 37.6 Å². The smallest absolute Gasteiger partial charge is 0.251 e. The molecule has 0 radical (unpaired) electrons. The summed E-state index contributed by atoms with van der Waals surface area (Å²) in [5.74, 6) is -0.0110. The Morgan fingerprint density at radius 3 is 2.42 bits per heavy atom. The highest BCUT2D eigenvalue weighted by Crippen LogP contribution is 2.20. The third-order valence-corrected chi connectivity index (χ3v) is 4.17. The molecule has 0 bridgehead atoms. The van der Waals surface area contributed by atoms with Gasteiger partial charge in [0.15, 0.2) is 0 Å².